The van der Waals surface area contributed by atoms with Gasteiger partial charge in [0.05, 0.1) is 34.6 Å². The van der Waals surface area contributed by atoms with Crippen molar-refractivity contribution in [2.24, 2.45) is 0 Å². The second-order valence-electron chi connectivity index (χ2n) is 6.58. The Morgan fingerprint density at radius 3 is 2.81 bits per heavy atom. The van der Waals surface area contributed by atoms with Crippen molar-refractivity contribution >= 4 is 29.2 Å². The lowest BCUT2D eigenvalue weighted by molar-refractivity contribution is -0.163. The molecule has 0 bridgehead atoms. The summed E-state index contributed by atoms with van der Waals surface area (Å²) in [4.78, 5) is 12.1. The summed E-state index contributed by atoms with van der Waals surface area (Å²) in [5.74, 6) is -0.415. The fourth-order valence-corrected chi connectivity index (χ4v) is 3.48. The van der Waals surface area contributed by atoms with Crippen molar-refractivity contribution in [2.75, 3.05) is 19.8 Å². The van der Waals surface area contributed by atoms with Crippen molar-refractivity contribution in [1.82, 2.24) is 0 Å². The van der Waals surface area contributed by atoms with Crippen LogP contribution in [0.15, 0.2) is 18.2 Å². The molecule has 0 spiro atoms. The Morgan fingerprint density at radius 2 is 2.19 bits per heavy atom. The maximum atomic E-state index is 12.1. The van der Waals surface area contributed by atoms with Gasteiger partial charge in [-0.25, -0.2) is 0 Å². The fraction of sp³-hybridized carbons (Fsp3) is 0.600. The minimum atomic E-state index is -1.04. The second kappa shape index (κ2) is 10.9. The predicted molar refractivity (Wildman–Crippen MR) is 104 cm³/mol. The van der Waals surface area contributed by atoms with Crippen LogP contribution in [0.2, 0.25) is 10.0 Å². The van der Waals surface area contributed by atoms with Gasteiger partial charge in [-0.2, -0.15) is 5.26 Å². The van der Waals surface area contributed by atoms with E-state index in [2.05, 4.69) is 6.07 Å². The normalized spacial score (nSPS) is 19.1. The van der Waals surface area contributed by atoms with E-state index in [0.29, 0.717) is 35.1 Å². The summed E-state index contributed by atoms with van der Waals surface area (Å²) in [6.07, 6.45) is 3.87. The van der Waals surface area contributed by atoms with E-state index in [4.69, 9.17) is 37.4 Å². The molecule has 2 rings (SSSR count). The van der Waals surface area contributed by atoms with Gasteiger partial charge in [-0.15, -0.1) is 0 Å². The Labute approximate surface area is 170 Å². The van der Waals surface area contributed by atoms with Gasteiger partial charge in [-0.3, -0.25) is 4.79 Å². The van der Waals surface area contributed by atoms with Crippen LogP contribution in [0.3, 0.4) is 0 Å². The number of carbonyl (C=O) groups excluding carboxylic acids is 1. The fourth-order valence-electron chi connectivity index (χ4n) is 3.18. The minimum Gasteiger partial charge on any atom is -0.466 e. The van der Waals surface area contributed by atoms with Crippen molar-refractivity contribution in [2.45, 2.75) is 57.2 Å². The van der Waals surface area contributed by atoms with E-state index in [-0.39, 0.29) is 19.3 Å². The summed E-state index contributed by atoms with van der Waals surface area (Å²) >= 11 is 12.1. The number of nitrogens with zero attached hydrogens (tertiary/aromatic N) is 1. The van der Waals surface area contributed by atoms with Crippen molar-refractivity contribution in [1.29, 1.82) is 5.26 Å². The standard InChI is InChI=1S/C20H25Cl2NO4/c1-2-25-18(24)13-20(14-23,15-7-8-16(21)17(22)12-15)9-5-11-27-19-6-3-4-10-26-19/h7-8,12,19H,2-6,9-11,13H2,1H3. The second-order valence-corrected chi connectivity index (χ2v) is 7.39. The molecule has 27 heavy (non-hydrogen) atoms. The molecule has 1 saturated heterocycles. The van der Waals surface area contributed by atoms with E-state index < -0.39 is 11.4 Å². The van der Waals surface area contributed by atoms with Gasteiger partial charge in [-0.05, 0) is 56.7 Å². The molecule has 0 aliphatic carbocycles. The van der Waals surface area contributed by atoms with Gasteiger partial charge in [0.2, 0.25) is 0 Å². The summed E-state index contributed by atoms with van der Waals surface area (Å²) in [5.41, 5.74) is -0.390. The minimum absolute atomic E-state index is 0.0464. The number of nitriles is 1. The van der Waals surface area contributed by atoms with E-state index in [1.54, 1.807) is 25.1 Å². The van der Waals surface area contributed by atoms with Crippen LogP contribution in [0.4, 0.5) is 0 Å². The molecule has 1 aromatic rings. The first-order valence-corrected chi connectivity index (χ1v) is 10.0. The largest absolute Gasteiger partial charge is 0.466 e. The Bertz CT molecular complexity index is 670. The van der Waals surface area contributed by atoms with Crippen molar-refractivity contribution < 1.29 is 19.0 Å². The SMILES string of the molecule is CCOC(=O)CC(C#N)(CCCOC1CCCCO1)c1ccc(Cl)c(Cl)c1. The van der Waals surface area contributed by atoms with E-state index in [0.717, 1.165) is 25.9 Å². The predicted octanol–water partition coefficient (Wildman–Crippen LogP) is 5.03. The quantitative estimate of drug-likeness (QED) is 0.419. The molecule has 1 aromatic carbocycles. The van der Waals surface area contributed by atoms with E-state index >= 15 is 0 Å². The van der Waals surface area contributed by atoms with Gasteiger partial charge < -0.3 is 14.2 Å². The molecule has 0 amide bonds. The van der Waals surface area contributed by atoms with Gasteiger partial charge >= 0.3 is 5.97 Å². The highest BCUT2D eigenvalue weighted by molar-refractivity contribution is 6.42. The molecule has 0 aromatic heterocycles. The van der Waals surface area contributed by atoms with Crippen LogP contribution in [0, 0.1) is 11.3 Å². The third-order valence-corrected chi connectivity index (χ3v) is 5.37. The highest BCUT2D eigenvalue weighted by Crippen LogP contribution is 2.36. The molecule has 0 radical (unpaired) electrons. The van der Waals surface area contributed by atoms with Crippen LogP contribution in [0.1, 0.15) is 51.0 Å². The molecule has 1 aliphatic heterocycles. The van der Waals surface area contributed by atoms with Crippen molar-refractivity contribution in [3.8, 4) is 6.07 Å². The Morgan fingerprint density at radius 1 is 1.37 bits per heavy atom. The number of hydrogen-bond acceptors (Lipinski definition) is 5. The molecule has 1 aliphatic rings. The first kappa shape index (κ1) is 22.0. The van der Waals surface area contributed by atoms with Gasteiger partial charge in [0, 0.05) is 13.2 Å². The summed E-state index contributed by atoms with van der Waals surface area (Å²) in [7, 11) is 0. The summed E-state index contributed by atoms with van der Waals surface area (Å²) in [6, 6.07) is 7.35. The lowest BCUT2D eigenvalue weighted by Gasteiger charge is -2.27. The van der Waals surface area contributed by atoms with Gasteiger partial charge in [0.15, 0.2) is 6.29 Å². The molecule has 7 heteroatoms. The third-order valence-electron chi connectivity index (χ3n) is 4.63. The topological polar surface area (TPSA) is 68.6 Å². The summed E-state index contributed by atoms with van der Waals surface area (Å²) < 4.78 is 16.4. The number of carbonyl (C=O) groups is 1. The number of rotatable bonds is 9. The van der Waals surface area contributed by atoms with Crippen LogP contribution >= 0.6 is 23.2 Å². The van der Waals surface area contributed by atoms with Gasteiger partial charge in [0.1, 0.15) is 0 Å². The average Bonchev–Trinajstić information content (AvgIpc) is 2.67. The molecule has 1 fully saturated rings. The number of hydrogen-bond donors (Lipinski definition) is 0. The van der Waals surface area contributed by atoms with Crippen LogP contribution in [0.25, 0.3) is 0 Å². The van der Waals surface area contributed by atoms with E-state index in [9.17, 15) is 10.1 Å². The van der Waals surface area contributed by atoms with Gasteiger partial charge in [-0.1, -0.05) is 29.3 Å². The number of halogens is 2. The number of benzene rings is 1. The van der Waals surface area contributed by atoms with Crippen LogP contribution in [0.5, 0.6) is 0 Å². The lowest BCUT2D eigenvalue weighted by atomic mass is 9.75. The third kappa shape index (κ3) is 6.36. The first-order valence-electron chi connectivity index (χ1n) is 9.26. The average molecular weight is 414 g/mol. The summed E-state index contributed by atoms with van der Waals surface area (Å²) in [6.45, 7) is 3.18. The molecule has 2 unspecified atom stereocenters. The zero-order valence-corrected chi connectivity index (χ0v) is 17.0. The zero-order valence-electron chi connectivity index (χ0n) is 15.5. The Hall–Kier alpha value is -1.32. The molecular formula is C20H25Cl2NO4. The van der Waals surface area contributed by atoms with Crippen LogP contribution in [-0.4, -0.2) is 32.1 Å². The molecule has 0 saturated carbocycles. The molecule has 5 nitrogen and oxygen atoms in total. The highest BCUT2D eigenvalue weighted by Gasteiger charge is 2.36. The lowest BCUT2D eigenvalue weighted by Crippen LogP contribution is -2.30. The summed E-state index contributed by atoms with van der Waals surface area (Å²) in [5, 5.41) is 10.7. The maximum Gasteiger partial charge on any atom is 0.307 e. The molecular weight excluding hydrogens is 389 g/mol. The first-order chi connectivity index (χ1) is 13.0. The molecule has 1 heterocycles. The van der Waals surface area contributed by atoms with Crippen LogP contribution in [-0.2, 0) is 24.4 Å². The zero-order chi connectivity index (χ0) is 19.7. The smallest absolute Gasteiger partial charge is 0.307 e. The van der Waals surface area contributed by atoms with E-state index in [1.807, 2.05) is 0 Å². The Balaban J connectivity index is 2.08. The number of esters is 1. The monoisotopic (exact) mass is 413 g/mol. The van der Waals surface area contributed by atoms with Crippen LogP contribution < -0.4 is 0 Å². The van der Waals surface area contributed by atoms with E-state index in [1.165, 1.54) is 0 Å². The van der Waals surface area contributed by atoms with Crippen molar-refractivity contribution in [3.05, 3.63) is 33.8 Å². The number of ether oxygens (including phenoxy) is 3. The maximum absolute atomic E-state index is 12.1. The molecule has 0 N–H and O–H groups in total. The molecule has 2 atom stereocenters. The molecule has 148 valence electrons. The van der Waals surface area contributed by atoms with Crippen molar-refractivity contribution in [3.63, 3.8) is 0 Å². The van der Waals surface area contributed by atoms with Gasteiger partial charge in [0.25, 0.3) is 0 Å². The highest BCUT2D eigenvalue weighted by atomic mass is 35.5. The Kier molecular flexibility index (Phi) is 8.85.